The molecule has 2 heterocycles. The zero-order valence-electron chi connectivity index (χ0n) is 16.7. The molecule has 0 spiro atoms. The number of nitrogens with zero attached hydrogens (tertiary/aromatic N) is 3. The van der Waals surface area contributed by atoms with Gasteiger partial charge in [-0.2, -0.15) is 0 Å². The van der Waals surface area contributed by atoms with Gasteiger partial charge in [0.05, 0.1) is 5.69 Å². The number of aliphatic imine (C=N–C) groups is 1. The number of aromatic nitrogens is 1. The van der Waals surface area contributed by atoms with E-state index in [1.54, 1.807) is 0 Å². The summed E-state index contributed by atoms with van der Waals surface area (Å²) >= 11 is 0. The standard InChI is InChI=1S/C21H31N5O/c1-16-20(17(2)27-25-16)11-12-23-21(22-3)24-14-19-10-7-13-26(19)15-18-8-5-4-6-9-18/h4-6,8-9,19H,7,10-15H2,1-3H3,(H2,22,23,24). The van der Waals surface area contributed by atoms with Crippen LogP contribution < -0.4 is 10.6 Å². The topological polar surface area (TPSA) is 65.7 Å². The second-order valence-electron chi connectivity index (χ2n) is 7.18. The average molecular weight is 370 g/mol. The van der Waals surface area contributed by atoms with Gasteiger partial charge in [0.1, 0.15) is 5.76 Å². The lowest BCUT2D eigenvalue weighted by Gasteiger charge is -2.25. The molecule has 1 aliphatic rings. The Hall–Kier alpha value is -2.34. The summed E-state index contributed by atoms with van der Waals surface area (Å²) in [6.07, 6.45) is 3.37. The van der Waals surface area contributed by atoms with Gasteiger partial charge in [0.25, 0.3) is 0 Å². The van der Waals surface area contributed by atoms with E-state index in [9.17, 15) is 0 Å². The van der Waals surface area contributed by atoms with Crippen molar-refractivity contribution in [2.75, 3.05) is 26.7 Å². The predicted octanol–water partition coefficient (Wildman–Crippen LogP) is 2.66. The maximum Gasteiger partial charge on any atom is 0.191 e. The van der Waals surface area contributed by atoms with Gasteiger partial charge in [0.15, 0.2) is 5.96 Å². The van der Waals surface area contributed by atoms with Crippen molar-refractivity contribution < 1.29 is 4.52 Å². The molecule has 6 heteroatoms. The molecule has 1 unspecified atom stereocenters. The molecule has 6 nitrogen and oxygen atoms in total. The quantitative estimate of drug-likeness (QED) is 0.580. The smallest absolute Gasteiger partial charge is 0.191 e. The zero-order chi connectivity index (χ0) is 19.1. The molecule has 0 aliphatic carbocycles. The number of rotatable bonds is 7. The molecule has 1 aromatic heterocycles. The molecule has 146 valence electrons. The summed E-state index contributed by atoms with van der Waals surface area (Å²) < 4.78 is 5.23. The third kappa shape index (κ3) is 5.32. The summed E-state index contributed by atoms with van der Waals surface area (Å²) in [7, 11) is 1.82. The Morgan fingerprint density at radius 2 is 2.07 bits per heavy atom. The number of nitrogens with one attached hydrogen (secondary N) is 2. The molecule has 27 heavy (non-hydrogen) atoms. The molecule has 0 radical (unpaired) electrons. The Balaban J connectivity index is 1.44. The van der Waals surface area contributed by atoms with Gasteiger partial charge in [-0.15, -0.1) is 0 Å². The van der Waals surface area contributed by atoms with Gasteiger partial charge in [-0.3, -0.25) is 9.89 Å². The Labute approximate surface area is 162 Å². The molecule has 3 rings (SSSR count). The molecule has 1 aromatic carbocycles. The Morgan fingerprint density at radius 3 is 2.78 bits per heavy atom. The highest BCUT2D eigenvalue weighted by Crippen LogP contribution is 2.19. The Bertz CT molecular complexity index is 721. The van der Waals surface area contributed by atoms with Crippen LogP contribution in [-0.2, 0) is 13.0 Å². The van der Waals surface area contributed by atoms with Crippen molar-refractivity contribution in [3.05, 3.63) is 52.9 Å². The molecule has 0 amide bonds. The summed E-state index contributed by atoms with van der Waals surface area (Å²) in [5, 5.41) is 10.9. The molecule has 2 aromatic rings. The summed E-state index contributed by atoms with van der Waals surface area (Å²) in [6.45, 7) is 7.85. The summed E-state index contributed by atoms with van der Waals surface area (Å²) in [4.78, 5) is 6.93. The van der Waals surface area contributed by atoms with Crippen LogP contribution in [0.1, 0.15) is 35.4 Å². The van der Waals surface area contributed by atoms with Gasteiger partial charge < -0.3 is 15.2 Å². The molecule has 1 aliphatic heterocycles. The molecule has 0 bridgehead atoms. The first-order valence-corrected chi connectivity index (χ1v) is 9.81. The summed E-state index contributed by atoms with van der Waals surface area (Å²) in [5.74, 6) is 1.76. The monoisotopic (exact) mass is 369 g/mol. The van der Waals surface area contributed by atoms with Gasteiger partial charge >= 0.3 is 0 Å². The van der Waals surface area contributed by atoms with Crippen LogP contribution in [0.2, 0.25) is 0 Å². The first-order valence-electron chi connectivity index (χ1n) is 9.81. The minimum Gasteiger partial charge on any atom is -0.361 e. The van der Waals surface area contributed by atoms with E-state index < -0.39 is 0 Å². The lowest BCUT2D eigenvalue weighted by Crippen LogP contribution is -2.45. The van der Waals surface area contributed by atoms with Crippen LogP contribution in [0.4, 0.5) is 0 Å². The summed E-state index contributed by atoms with van der Waals surface area (Å²) in [5.41, 5.74) is 3.54. The van der Waals surface area contributed by atoms with Crippen molar-refractivity contribution in [1.82, 2.24) is 20.7 Å². The number of aryl methyl sites for hydroxylation is 2. The predicted molar refractivity (Wildman–Crippen MR) is 109 cm³/mol. The largest absolute Gasteiger partial charge is 0.361 e. The van der Waals surface area contributed by atoms with Crippen LogP contribution in [0.3, 0.4) is 0 Å². The molecule has 1 saturated heterocycles. The fraction of sp³-hybridized carbons (Fsp3) is 0.524. The fourth-order valence-corrected chi connectivity index (χ4v) is 3.75. The number of hydrogen-bond acceptors (Lipinski definition) is 4. The van der Waals surface area contributed by atoms with E-state index >= 15 is 0 Å². The van der Waals surface area contributed by atoms with E-state index in [0.717, 1.165) is 43.5 Å². The first-order chi connectivity index (χ1) is 13.2. The summed E-state index contributed by atoms with van der Waals surface area (Å²) in [6, 6.07) is 11.3. The van der Waals surface area contributed by atoms with Crippen LogP contribution in [0.15, 0.2) is 39.8 Å². The van der Waals surface area contributed by atoms with E-state index in [-0.39, 0.29) is 0 Å². The third-order valence-electron chi connectivity index (χ3n) is 5.30. The minimum absolute atomic E-state index is 0.548. The van der Waals surface area contributed by atoms with E-state index in [2.05, 4.69) is 56.0 Å². The molecule has 0 saturated carbocycles. The van der Waals surface area contributed by atoms with Crippen molar-refractivity contribution in [2.24, 2.45) is 4.99 Å². The van der Waals surface area contributed by atoms with Crippen molar-refractivity contribution in [2.45, 2.75) is 45.7 Å². The van der Waals surface area contributed by atoms with Gasteiger partial charge in [0, 0.05) is 38.3 Å². The number of benzene rings is 1. The van der Waals surface area contributed by atoms with E-state index in [0.29, 0.717) is 6.04 Å². The lowest BCUT2D eigenvalue weighted by molar-refractivity contribution is 0.245. The van der Waals surface area contributed by atoms with Gasteiger partial charge in [-0.1, -0.05) is 35.5 Å². The minimum atomic E-state index is 0.548. The van der Waals surface area contributed by atoms with Gasteiger partial charge in [-0.05, 0) is 45.2 Å². The highest BCUT2D eigenvalue weighted by Gasteiger charge is 2.24. The van der Waals surface area contributed by atoms with Crippen LogP contribution in [0.25, 0.3) is 0 Å². The molecular formula is C21H31N5O. The van der Waals surface area contributed by atoms with Gasteiger partial charge in [0.2, 0.25) is 0 Å². The van der Waals surface area contributed by atoms with Crippen LogP contribution in [-0.4, -0.2) is 48.7 Å². The van der Waals surface area contributed by atoms with E-state index in [1.165, 1.54) is 30.5 Å². The highest BCUT2D eigenvalue weighted by molar-refractivity contribution is 5.79. The van der Waals surface area contributed by atoms with Crippen LogP contribution in [0.5, 0.6) is 0 Å². The van der Waals surface area contributed by atoms with E-state index in [4.69, 9.17) is 4.52 Å². The average Bonchev–Trinajstić information content (AvgIpc) is 3.26. The lowest BCUT2D eigenvalue weighted by atomic mass is 10.1. The number of guanidine groups is 1. The van der Waals surface area contributed by atoms with Crippen LogP contribution >= 0.6 is 0 Å². The zero-order valence-corrected chi connectivity index (χ0v) is 16.7. The van der Waals surface area contributed by atoms with Crippen molar-refractivity contribution in [1.29, 1.82) is 0 Å². The third-order valence-corrected chi connectivity index (χ3v) is 5.30. The van der Waals surface area contributed by atoms with Gasteiger partial charge in [-0.25, -0.2) is 0 Å². The molecular weight excluding hydrogens is 338 g/mol. The Morgan fingerprint density at radius 1 is 1.26 bits per heavy atom. The highest BCUT2D eigenvalue weighted by atomic mass is 16.5. The fourth-order valence-electron chi connectivity index (χ4n) is 3.75. The maximum atomic E-state index is 5.23. The molecule has 2 N–H and O–H groups in total. The SMILES string of the molecule is CN=C(NCCc1c(C)noc1C)NCC1CCCN1Cc1ccccc1. The second kappa shape index (κ2) is 9.55. The van der Waals surface area contributed by atoms with Crippen molar-refractivity contribution in [3.8, 4) is 0 Å². The number of likely N-dealkylation sites (tertiary alicyclic amines) is 1. The maximum absolute atomic E-state index is 5.23. The normalized spacial score (nSPS) is 18.0. The van der Waals surface area contributed by atoms with Crippen molar-refractivity contribution >= 4 is 5.96 Å². The van der Waals surface area contributed by atoms with Crippen molar-refractivity contribution in [3.63, 3.8) is 0 Å². The Kier molecular flexibility index (Phi) is 6.87. The second-order valence-corrected chi connectivity index (χ2v) is 7.18. The molecule has 1 fully saturated rings. The van der Waals surface area contributed by atoms with Crippen LogP contribution in [0, 0.1) is 13.8 Å². The number of hydrogen-bond donors (Lipinski definition) is 2. The first kappa shape index (κ1) is 19.4. The molecule has 1 atom stereocenters. The van der Waals surface area contributed by atoms with E-state index in [1.807, 2.05) is 20.9 Å².